The zero-order valence-corrected chi connectivity index (χ0v) is 17.7. The Balaban J connectivity index is 1.65. The van der Waals surface area contributed by atoms with Gasteiger partial charge in [-0.2, -0.15) is 0 Å². The van der Waals surface area contributed by atoms with Gasteiger partial charge in [-0.05, 0) is 61.0 Å². The lowest BCUT2D eigenvalue weighted by atomic mass is 10.1. The van der Waals surface area contributed by atoms with Gasteiger partial charge in [-0.25, -0.2) is 0 Å². The van der Waals surface area contributed by atoms with Gasteiger partial charge in [0.2, 0.25) is 5.91 Å². The number of ether oxygens (including phenoxy) is 1. The molecule has 0 aliphatic heterocycles. The maximum atomic E-state index is 11.3. The average Bonchev–Trinajstić information content (AvgIpc) is 3.23. The number of primary amides is 1. The molecule has 2 aromatic carbocycles. The van der Waals surface area contributed by atoms with Gasteiger partial charge in [0.05, 0.1) is 6.61 Å². The maximum Gasteiger partial charge on any atom is 0.248 e. The summed E-state index contributed by atoms with van der Waals surface area (Å²) in [5, 5.41) is 9.61. The number of thioether (sulfide) groups is 1. The number of carbonyl (C=O) groups is 1. The van der Waals surface area contributed by atoms with Gasteiger partial charge in [0, 0.05) is 35.0 Å². The predicted molar refractivity (Wildman–Crippen MR) is 120 cm³/mol. The summed E-state index contributed by atoms with van der Waals surface area (Å²) in [4.78, 5) is 15.5. The van der Waals surface area contributed by atoms with Crippen LogP contribution in [0.3, 0.4) is 0 Å². The molecule has 0 saturated heterocycles. The molecule has 2 heterocycles. The third-order valence-corrected chi connectivity index (χ3v) is 5.57. The second-order valence-electron chi connectivity index (χ2n) is 6.66. The van der Waals surface area contributed by atoms with Crippen molar-refractivity contribution in [3.05, 3.63) is 84.2 Å². The van der Waals surface area contributed by atoms with E-state index in [4.69, 9.17) is 10.5 Å². The third kappa shape index (κ3) is 4.75. The summed E-state index contributed by atoms with van der Waals surface area (Å²) in [7, 11) is 0. The summed E-state index contributed by atoms with van der Waals surface area (Å²) < 4.78 is 7.58. The molecule has 4 aromatic rings. The van der Waals surface area contributed by atoms with E-state index in [-0.39, 0.29) is 0 Å². The standard InChI is InChI=1S/C23H21N5O2S/c1-2-30-20-11-9-19(10-12-20)28-22(18-4-3-13-25-14-18)26-27-23(28)31-15-16-5-7-17(8-6-16)21(24)29/h3-14H,2,15H2,1H3,(H2,24,29). The maximum absolute atomic E-state index is 11.3. The molecule has 8 heteroatoms. The van der Waals surface area contributed by atoms with Crippen LogP contribution in [0.4, 0.5) is 0 Å². The van der Waals surface area contributed by atoms with E-state index >= 15 is 0 Å². The summed E-state index contributed by atoms with van der Waals surface area (Å²) in [6.45, 7) is 2.57. The molecule has 4 rings (SSSR count). The number of nitrogens with two attached hydrogens (primary N) is 1. The number of rotatable bonds is 8. The number of aromatic nitrogens is 4. The molecule has 31 heavy (non-hydrogen) atoms. The smallest absolute Gasteiger partial charge is 0.248 e. The van der Waals surface area contributed by atoms with Crippen LogP contribution in [0.15, 0.2) is 78.2 Å². The number of benzene rings is 2. The Bertz CT molecular complexity index is 1160. The van der Waals surface area contributed by atoms with Gasteiger partial charge in [0.15, 0.2) is 11.0 Å². The summed E-state index contributed by atoms with van der Waals surface area (Å²) in [5.41, 5.74) is 8.67. The van der Waals surface area contributed by atoms with E-state index in [1.807, 2.05) is 60.0 Å². The van der Waals surface area contributed by atoms with E-state index < -0.39 is 5.91 Å². The Morgan fingerprint density at radius 3 is 2.48 bits per heavy atom. The van der Waals surface area contributed by atoms with Gasteiger partial charge in [-0.3, -0.25) is 14.3 Å². The molecule has 0 aliphatic rings. The van der Waals surface area contributed by atoms with E-state index in [0.29, 0.717) is 23.7 Å². The molecule has 0 spiro atoms. The van der Waals surface area contributed by atoms with Crippen molar-refractivity contribution in [2.24, 2.45) is 5.73 Å². The molecule has 7 nitrogen and oxygen atoms in total. The molecule has 0 fully saturated rings. The van der Waals surface area contributed by atoms with E-state index in [2.05, 4.69) is 15.2 Å². The van der Waals surface area contributed by atoms with Crippen molar-refractivity contribution in [2.45, 2.75) is 17.8 Å². The van der Waals surface area contributed by atoms with Crippen LogP contribution >= 0.6 is 11.8 Å². The Labute approximate surface area is 184 Å². The molecule has 1 amide bonds. The Kier molecular flexibility index (Phi) is 6.28. The largest absolute Gasteiger partial charge is 0.494 e. The molecule has 2 aromatic heterocycles. The van der Waals surface area contributed by atoms with Gasteiger partial charge in [0.25, 0.3) is 0 Å². The molecule has 0 radical (unpaired) electrons. The summed E-state index contributed by atoms with van der Waals surface area (Å²) in [6, 6.07) is 18.9. The number of hydrogen-bond acceptors (Lipinski definition) is 6. The molecular formula is C23H21N5O2S. The lowest BCUT2D eigenvalue weighted by Crippen LogP contribution is -2.10. The molecule has 0 atom stereocenters. The normalized spacial score (nSPS) is 10.7. The van der Waals surface area contributed by atoms with E-state index in [1.165, 1.54) is 0 Å². The molecule has 156 valence electrons. The fourth-order valence-electron chi connectivity index (χ4n) is 3.05. The van der Waals surface area contributed by atoms with Crippen LogP contribution in [0.1, 0.15) is 22.8 Å². The highest BCUT2D eigenvalue weighted by atomic mass is 32.2. The Morgan fingerprint density at radius 1 is 1.06 bits per heavy atom. The molecular weight excluding hydrogens is 410 g/mol. The lowest BCUT2D eigenvalue weighted by Gasteiger charge is -2.11. The summed E-state index contributed by atoms with van der Waals surface area (Å²) in [5.74, 6) is 1.76. The van der Waals surface area contributed by atoms with Crippen molar-refractivity contribution in [1.29, 1.82) is 0 Å². The van der Waals surface area contributed by atoms with Crippen molar-refractivity contribution in [1.82, 2.24) is 19.7 Å². The number of nitrogens with zero attached hydrogens (tertiary/aromatic N) is 4. The Morgan fingerprint density at radius 2 is 1.84 bits per heavy atom. The zero-order valence-electron chi connectivity index (χ0n) is 16.9. The van der Waals surface area contributed by atoms with Crippen molar-refractivity contribution >= 4 is 17.7 Å². The van der Waals surface area contributed by atoms with Crippen molar-refractivity contribution < 1.29 is 9.53 Å². The minimum absolute atomic E-state index is 0.435. The van der Waals surface area contributed by atoms with Crippen LogP contribution in [0.25, 0.3) is 17.1 Å². The lowest BCUT2D eigenvalue weighted by molar-refractivity contribution is 0.100. The first-order chi connectivity index (χ1) is 15.2. The topological polar surface area (TPSA) is 95.9 Å². The van der Waals surface area contributed by atoms with Crippen LogP contribution in [-0.4, -0.2) is 32.3 Å². The van der Waals surface area contributed by atoms with Gasteiger partial charge >= 0.3 is 0 Å². The first kappa shape index (κ1) is 20.6. The highest BCUT2D eigenvalue weighted by Crippen LogP contribution is 2.30. The average molecular weight is 432 g/mol. The van der Waals surface area contributed by atoms with Crippen LogP contribution in [0.5, 0.6) is 5.75 Å². The fraction of sp³-hybridized carbons (Fsp3) is 0.130. The summed E-state index contributed by atoms with van der Waals surface area (Å²) in [6.07, 6.45) is 3.50. The molecule has 0 aliphatic carbocycles. The highest BCUT2D eigenvalue weighted by molar-refractivity contribution is 7.98. The second-order valence-corrected chi connectivity index (χ2v) is 7.60. The van der Waals surface area contributed by atoms with Gasteiger partial charge in [-0.1, -0.05) is 23.9 Å². The summed E-state index contributed by atoms with van der Waals surface area (Å²) >= 11 is 1.56. The van der Waals surface area contributed by atoms with Crippen molar-refractivity contribution in [3.8, 4) is 22.8 Å². The minimum atomic E-state index is -0.435. The first-order valence-corrected chi connectivity index (χ1v) is 10.7. The van der Waals surface area contributed by atoms with Crippen LogP contribution < -0.4 is 10.5 Å². The first-order valence-electron chi connectivity index (χ1n) is 9.76. The number of pyridine rings is 1. The van der Waals surface area contributed by atoms with E-state index in [1.54, 1.807) is 36.3 Å². The SMILES string of the molecule is CCOc1ccc(-n2c(SCc3ccc(C(N)=O)cc3)nnc2-c2cccnc2)cc1. The minimum Gasteiger partial charge on any atom is -0.494 e. The quantitative estimate of drug-likeness (QED) is 0.422. The van der Waals surface area contributed by atoms with Gasteiger partial charge < -0.3 is 10.5 Å². The number of carbonyl (C=O) groups excluding carboxylic acids is 1. The number of amides is 1. The van der Waals surface area contributed by atoms with Crippen LogP contribution in [-0.2, 0) is 5.75 Å². The monoisotopic (exact) mass is 431 g/mol. The molecule has 0 unspecified atom stereocenters. The molecule has 2 N–H and O–H groups in total. The molecule has 0 bridgehead atoms. The predicted octanol–water partition coefficient (Wildman–Crippen LogP) is 4.12. The van der Waals surface area contributed by atoms with Gasteiger partial charge in [-0.15, -0.1) is 10.2 Å². The van der Waals surface area contributed by atoms with E-state index in [9.17, 15) is 4.79 Å². The number of hydrogen-bond donors (Lipinski definition) is 1. The van der Waals surface area contributed by atoms with E-state index in [0.717, 1.165) is 27.7 Å². The second kappa shape index (κ2) is 9.44. The van der Waals surface area contributed by atoms with Crippen LogP contribution in [0, 0.1) is 0 Å². The third-order valence-electron chi connectivity index (χ3n) is 4.57. The van der Waals surface area contributed by atoms with Crippen molar-refractivity contribution in [3.63, 3.8) is 0 Å². The highest BCUT2D eigenvalue weighted by Gasteiger charge is 2.16. The zero-order chi connectivity index (χ0) is 21.6. The fourth-order valence-corrected chi connectivity index (χ4v) is 3.96. The van der Waals surface area contributed by atoms with Crippen molar-refractivity contribution in [2.75, 3.05) is 6.61 Å². The van der Waals surface area contributed by atoms with Gasteiger partial charge in [0.1, 0.15) is 5.75 Å². The Hall–Kier alpha value is -3.65. The molecule has 0 saturated carbocycles. The van der Waals surface area contributed by atoms with Crippen LogP contribution in [0.2, 0.25) is 0 Å².